The molecule has 0 fully saturated rings. The average Bonchev–Trinajstić information content (AvgIpc) is 3.21. The minimum atomic E-state index is -0.396. The predicted octanol–water partition coefficient (Wildman–Crippen LogP) is 6.87. The summed E-state index contributed by atoms with van der Waals surface area (Å²) < 4.78 is 19.3. The molecule has 3 aromatic rings. The molecule has 2 amide bonds. The van der Waals surface area contributed by atoms with Crippen molar-refractivity contribution in [1.29, 1.82) is 0 Å². The zero-order chi connectivity index (χ0) is 27.1. The lowest BCUT2D eigenvalue weighted by Crippen LogP contribution is -2.23. The van der Waals surface area contributed by atoms with Gasteiger partial charge in [0, 0.05) is 6.92 Å². The summed E-state index contributed by atoms with van der Waals surface area (Å²) in [5.41, 5.74) is 2.76. The van der Waals surface area contributed by atoms with Gasteiger partial charge in [-0.2, -0.15) is 4.99 Å². The molecule has 0 bridgehead atoms. The normalized spacial score (nSPS) is 13.8. The second kappa shape index (κ2) is 13.1. The van der Waals surface area contributed by atoms with Crippen LogP contribution >= 0.6 is 43.6 Å². The van der Waals surface area contributed by atoms with E-state index in [1.165, 1.54) is 6.92 Å². The molecule has 1 aliphatic rings. The predicted molar refractivity (Wildman–Crippen MR) is 156 cm³/mol. The van der Waals surface area contributed by atoms with Crippen LogP contribution in [0.25, 0.3) is 6.08 Å². The standard InChI is InChI=1S/C28H24Br2N2O5S/c1-3-35-24-13-19(9-10-23(24)36-15-18-7-5-4-6-8-18)16-37-26-21(29)11-20(12-22(26)30)14-25-27(34)32-28(38-25)31-17(2)33/h4-14H,3,15-16H2,1-2H3,(H,31,32,33,34)/b25-14+. The Morgan fingerprint density at radius 3 is 2.34 bits per heavy atom. The largest absolute Gasteiger partial charge is 0.490 e. The van der Waals surface area contributed by atoms with Crippen molar-refractivity contribution in [2.45, 2.75) is 27.1 Å². The lowest BCUT2D eigenvalue weighted by Gasteiger charge is -2.15. The molecule has 3 aromatic carbocycles. The minimum Gasteiger partial charge on any atom is -0.490 e. The molecule has 0 spiro atoms. The van der Waals surface area contributed by atoms with E-state index < -0.39 is 5.91 Å². The SMILES string of the molecule is CCOc1cc(COc2c(Br)cc(/C=C3/SC(NC(C)=O)=NC3=O)cc2Br)ccc1OCc1ccccc1. The molecule has 1 N–H and O–H groups in total. The molecule has 0 aliphatic carbocycles. The van der Waals surface area contributed by atoms with Crippen molar-refractivity contribution in [3.05, 3.63) is 91.2 Å². The molecule has 0 saturated carbocycles. The van der Waals surface area contributed by atoms with Gasteiger partial charge in [0.15, 0.2) is 16.7 Å². The molecular formula is C28H24Br2N2O5S. The van der Waals surface area contributed by atoms with Crippen LogP contribution in [0.2, 0.25) is 0 Å². The van der Waals surface area contributed by atoms with E-state index in [0.717, 1.165) is 28.5 Å². The second-order valence-corrected chi connectivity index (χ2v) is 10.8. The van der Waals surface area contributed by atoms with Gasteiger partial charge in [-0.15, -0.1) is 0 Å². The van der Waals surface area contributed by atoms with E-state index in [9.17, 15) is 9.59 Å². The number of ether oxygens (including phenoxy) is 3. The Bertz CT molecular complexity index is 1390. The fourth-order valence-electron chi connectivity index (χ4n) is 3.49. The summed E-state index contributed by atoms with van der Waals surface area (Å²) >= 11 is 8.26. The van der Waals surface area contributed by atoms with Crippen molar-refractivity contribution >= 4 is 66.7 Å². The van der Waals surface area contributed by atoms with Crippen LogP contribution in [0.5, 0.6) is 17.2 Å². The number of thioether (sulfide) groups is 1. The molecule has 0 radical (unpaired) electrons. The van der Waals surface area contributed by atoms with Gasteiger partial charge < -0.3 is 19.5 Å². The molecule has 1 heterocycles. The third kappa shape index (κ3) is 7.49. The first-order valence-electron chi connectivity index (χ1n) is 11.7. The molecular weight excluding hydrogens is 636 g/mol. The smallest absolute Gasteiger partial charge is 0.286 e. The monoisotopic (exact) mass is 658 g/mol. The van der Waals surface area contributed by atoms with Gasteiger partial charge in [0.05, 0.1) is 20.5 Å². The molecule has 0 atom stereocenters. The van der Waals surface area contributed by atoms with Gasteiger partial charge in [0.25, 0.3) is 5.91 Å². The van der Waals surface area contributed by atoms with E-state index in [2.05, 4.69) is 42.2 Å². The van der Waals surface area contributed by atoms with Crippen LogP contribution in [0, 0.1) is 0 Å². The highest BCUT2D eigenvalue weighted by atomic mass is 79.9. The Kier molecular flexibility index (Phi) is 9.65. The molecule has 0 unspecified atom stereocenters. The number of carbonyl (C=O) groups is 2. The lowest BCUT2D eigenvalue weighted by molar-refractivity contribution is -0.117. The van der Waals surface area contributed by atoms with Crippen LogP contribution in [0.1, 0.15) is 30.5 Å². The number of amidine groups is 1. The van der Waals surface area contributed by atoms with Crippen LogP contribution in [-0.4, -0.2) is 23.6 Å². The highest BCUT2D eigenvalue weighted by molar-refractivity contribution is 9.11. The fourth-order valence-corrected chi connectivity index (χ4v) is 5.80. The number of amides is 2. The summed E-state index contributed by atoms with van der Waals surface area (Å²) in [6, 6.07) is 19.4. The summed E-state index contributed by atoms with van der Waals surface area (Å²) in [6.07, 6.45) is 1.72. The zero-order valence-corrected chi connectivity index (χ0v) is 24.6. The highest BCUT2D eigenvalue weighted by Gasteiger charge is 2.23. The third-order valence-corrected chi connectivity index (χ3v) is 7.23. The molecule has 0 aromatic heterocycles. The Labute approximate surface area is 241 Å². The van der Waals surface area contributed by atoms with Crippen molar-refractivity contribution in [1.82, 2.24) is 5.32 Å². The Morgan fingerprint density at radius 1 is 0.947 bits per heavy atom. The number of hydrogen-bond donors (Lipinski definition) is 1. The highest BCUT2D eigenvalue weighted by Crippen LogP contribution is 2.38. The van der Waals surface area contributed by atoms with Crippen molar-refractivity contribution in [2.24, 2.45) is 4.99 Å². The Morgan fingerprint density at radius 2 is 1.66 bits per heavy atom. The van der Waals surface area contributed by atoms with E-state index in [0.29, 0.717) is 50.9 Å². The zero-order valence-electron chi connectivity index (χ0n) is 20.6. The number of aliphatic imine (C=N–C) groups is 1. The number of benzene rings is 3. The Balaban J connectivity index is 1.43. The molecule has 4 rings (SSSR count). The first-order valence-corrected chi connectivity index (χ1v) is 14.1. The maximum absolute atomic E-state index is 12.2. The van der Waals surface area contributed by atoms with Crippen LogP contribution in [0.3, 0.4) is 0 Å². The lowest BCUT2D eigenvalue weighted by atomic mass is 10.2. The molecule has 10 heteroatoms. The summed E-state index contributed by atoms with van der Waals surface area (Å²) in [6.45, 7) is 4.56. The maximum atomic E-state index is 12.2. The van der Waals surface area contributed by atoms with Gasteiger partial charge in [-0.1, -0.05) is 36.4 Å². The number of hydrogen-bond acceptors (Lipinski definition) is 6. The van der Waals surface area contributed by atoms with Crippen LogP contribution in [0.15, 0.2) is 79.5 Å². The van der Waals surface area contributed by atoms with E-state index >= 15 is 0 Å². The van der Waals surface area contributed by atoms with Crippen molar-refractivity contribution in [2.75, 3.05) is 6.61 Å². The maximum Gasteiger partial charge on any atom is 0.286 e. The van der Waals surface area contributed by atoms with Crippen molar-refractivity contribution < 1.29 is 23.8 Å². The summed E-state index contributed by atoms with van der Waals surface area (Å²) in [5.74, 6) is 1.27. The molecule has 38 heavy (non-hydrogen) atoms. The minimum absolute atomic E-state index is 0.273. The van der Waals surface area contributed by atoms with Gasteiger partial charge in [-0.25, -0.2) is 0 Å². The first-order chi connectivity index (χ1) is 18.3. The van der Waals surface area contributed by atoms with Gasteiger partial charge in [0.1, 0.15) is 19.0 Å². The second-order valence-electron chi connectivity index (χ2n) is 8.10. The third-order valence-electron chi connectivity index (χ3n) is 5.15. The number of nitrogens with zero attached hydrogens (tertiary/aromatic N) is 1. The molecule has 196 valence electrons. The van der Waals surface area contributed by atoms with E-state index in [4.69, 9.17) is 14.2 Å². The number of halogens is 2. The van der Waals surface area contributed by atoms with E-state index in [1.807, 2.05) is 67.6 Å². The fraction of sp³-hybridized carbons (Fsp3) is 0.179. The average molecular weight is 660 g/mol. The van der Waals surface area contributed by atoms with Gasteiger partial charge in [0.2, 0.25) is 5.91 Å². The van der Waals surface area contributed by atoms with Crippen molar-refractivity contribution in [3.8, 4) is 17.2 Å². The van der Waals surface area contributed by atoms with Crippen LogP contribution in [0.4, 0.5) is 0 Å². The molecule has 1 aliphatic heterocycles. The van der Waals surface area contributed by atoms with Gasteiger partial charge >= 0.3 is 0 Å². The van der Waals surface area contributed by atoms with Crippen molar-refractivity contribution in [3.63, 3.8) is 0 Å². The number of nitrogens with one attached hydrogen (secondary N) is 1. The Hall–Kier alpha value is -3.08. The first kappa shape index (κ1) is 27.9. The van der Waals surface area contributed by atoms with E-state index in [1.54, 1.807) is 6.08 Å². The van der Waals surface area contributed by atoms with Crippen LogP contribution in [-0.2, 0) is 22.8 Å². The van der Waals surface area contributed by atoms with Crippen LogP contribution < -0.4 is 19.5 Å². The summed E-state index contributed by atoms with van der Waals surface area (Å²) in [7, 11) is 0. The molecule has 7 nitrogen and oxygen atoms in total. The summed E-state index contributed by atoms with van der Waals surface area (Å²) in [4.78, 5) is 27.7. The van der Waals surface area contributed by atoms with Gasteiger partial charge in [-0.3, -0.25) is 9.59 Å². The number of carbonyl (C=O) groups excluding carboxylic acids is 2. The van der Waals surface area contributed by atoms with Gasteiger partial charge in [-0.05, 0) is 97.6 Å². The summed E-state index contributed by atoms with van der Waals surface area (Å²) in [5, 5.41) is 2.81. The number of rotatable bonds is 9. The topological polar surface area (TPSA) is 86.2 Å². The van der Waals surface area contributed by atoms with E-state index in [-0.39, 0.29) is 11.1 Å². The quantitative estimate of drug-likeness (QED) is 0.252. The molecule has 0 saturated heterocycles.